The molecule has 0 saturated carbocycles. The molecule has 0 fully saturated rings. The van der Waals surface area contributed by atoms with Gasteiger partial charge in [0.15, 0.2) is 0 Å². The molecule has 6 heteroatoms. The lowest BCUT2D eigenvalue weighted by atomic mass is 10.0. The van der Waals surface area contributed by atoms with Gasteiger partial charge in [-0.05, 0) is 45.4 Å². The van der Waals surface area contributed by atoms with E-state index in [0.29, 0.717) is 11.5 Å². The summed E-state index contributed by atoms with van der Waals surface area (Å²) in [4.78, 5) is 15.3. The number of fused-ring (bicyclic) bond motifs is 1. The summed E-state index contributed by atoms with van der Waals surface area (Å²) in [6, 6.07) is 5.38. The third-order valence-electron chi connectivity index (χ3n) is 3.30. The summed E-state index contributed by atoms with van der Waals surface area (Å²) >= 11 is 3.45. The van der Waals surface area contributed by atoms with Crippen molar-refractivity contribution in [1.29, 1.82) is 0 Å². The first kappa shape index (κ1) is 16.8. The maximum absolute atomic E-state index is 12.1. The van der Waals surface area contributed by atoms with Gasteiger partial charge in [0.25, 0.3) is 0 Å². The molecular weight excluding hydrogens is 348 g/mol. The molecule has 1 aromatic heterocycles. The van der Waals surface area contributed by atoms with Gasteiger partial charge in [-0.25, -0.2) is 4.79 Å². The van der Waals surface area contributed by atoms with Crippen molar-refractivity contribution >= 4 is 32.9 Å². The van der Waals surface area contributed by atoms with Crippen molar-refractivity contribution in [3.63, 3.8) is 0 Å². The number of benzene rings is 1. The first-order chi connectivity index (χ1) is 10.2. The fourth-order valence-electron chi connectivity index (χ4n) is 2.35. The SMILES string of the molecule is CCC(c1c[nH]c2ccc(Br)cc12)N(O)C(=O)OC(C)(C)C. The van der Waals surface area contributed by atoms with Crippen molar-refractivity contribution in [3.8, 4) is 0 Å². The number of halogens is 1. The van der Waals surface area contributed by atoms with Crippen LogP contribution in [0.1, 0.15) is 45.7 Å². The van der Waals surface area contributed by atoms with Gasteiger partial charge in [-0.15, -0.1) is 0 Å². The second-order valence-electron chi connectivity index (χ2n) is 6.18. The zero-order valence-corrected chi connectivity index (χ0v) is 14.8. The average Bonchev–Trinajstić information content (AvgIpc) is 2.81. The summed E-state index contributed by atoms with van der Waals surface area (Å²) in [6.45, 7) is 7.21. The number of carbonyl (C=O) groups is 1. The predicted molar refractivity (Wildman–Crippen MR) is 88.9 cm³/mol. The van der Waals surface area contributed by atoms with Gasteiger partial charge in [-0.3, -0.25) is 5.21 Å². The van der Waals surface area contributed by atoms with Crippen LogP contribution in [0.15, 0.2) is 28.9 Å². The van der Waals surface area contributed by atoms with E-state index in [-0.39, 0.29) is 0 Å². The monoisotopic (exact) mass is 368 g/mol. The van der Waals surface area contributed by atoms with Gasteiger partial charge >= 0.3 is 6.09 Å². The molecule has 120 valence electrons. The van der Waals surface area contributed by atoms with E-state index < -0.39 is 17.7 Å². The Kier molecular flexibility index (Phi) is 4.82. The number of nitrogens with zero attached hydrogens (tertiary/aromatic N) is 1. The Morgan fingerprint density at radius 2 is 2.14 bits per heavy atom. The van der Waals surface area contributed by atoms with Crippen LogP contribution >= 0.6 is 15.9 Å². The molecule has 1 aromatic carbocycles. The molecule has 2 N–H and O–H groups in total. The fourth-order valence-corrected chi connectivity index (χ4v) is 2.71. The molecule has 5 nitrogen and oxygen atoms in total. The first-order valence-electron chi connectivity index (χ1n) is 7.20. The van der Waals surface area contributed by atoms with E-state index in [1.807, 2.05) is 31.3 Å². The Hall–Kier alpha value is -1.53. The molecule has 0 spiro atoms. The Morgan fingerprint density at radius 3 is 2.73 bits per heavy atom. The minimum atomic E-state index is -0.747. The second kappa shape index (κ2) is 6.30. The van der Waals surface area contributed by atoms with Crippen LogP contribution in [0.2, 0.25) is 0 Å². The summed E-state index contributed by atoms with van der Waals surface area (Å²) < 4.78 is 6.18. The van der Waals surface area contributed by atoms with Gasteiger partial charge < -0.3 is 9.72 Å². The molecule has 0 saturated heterocycles. The highest BCUT2D eigenvalue weighted by Crippen LogP contribution is 2.32. The quantitative estimate of drug-likeness (QED) is 0.591. The number of hydroxylamine groups is 2. The zero-order chi connectivity index (χ0) is 16.5. The van der Waals surface area contributed by atoms with E-state index in [0.717, 1.165) is 20.9 Å². The normalized spacial score (nSPS) is 13.2. The molecular formula is C16H21BrN2O3. The summed E-state index contributed by atoms with van der Waals surface area (Å²) in [7, 11) is 0. The Balaban J connectivity index is 2.34. The first-order valence-corrected chi connectivity index (χ1v) is 8.00. The Bertz CT molecular complexity index is 676. The predicted octanol–water partition coefficient (Wildman–Crippen LogP) is 5.01. The lowest BCUT2D eigenvalue weighted by molar-refractivity contribution is -0.122. The smallest absolute Gasteiger partial charge is 0.434 e. The van der Waals surface area contributed by atoms with Crippen LogP contribution in [-0.2, 0) is 4.74 Å². The lowest BCUT2D eigenvalue weighted by Gasteiger charge is -2.28. The van der Waals surface area contributed by atoms with Gasteiger partial charge in [-0.2, -0.15) is 5.06 Å². The van der Waals surface area contributed by atoms with E-state index in [1.165, 1.54) is 0 Å². The van der Waals surface area contributed by atoms with Crippen molar-refractivity contribution in [3.05, 3.63) is 34.4 Å². The number of hydrogen-bond acceptors (Lipinski definition) is 3. The summed E-state index contributed by atoms with van der Waals surface area (Å²) in [5, 5.41) is 11.9. The molecule has 0 aliphatic carbocycles. The fraction of sp³-hybridized carbons (Fsp3) is 0.438. The molecule has 22 heavy (non-hydrogen) atoms. The molecule has 0 aliphatic heterocycles. The van der Waals surface area contributed by atoms with E-state index >= 15 is 0 Å². The van der Waals surface area contributed by atoms with Crippen LogP contribution in [0, 0.1) is 0 Å². The molecule has 0 bridgehead atoms. The van der Waals surface area contributed by atoms with Crippen molar-refractivity contribution in [2.75, 3.05) is 0 Å². The van der Waals surface area contributed by atoms with Crippen LogP contribution in [-0.4, -0.2) is 26.9 Å². The maximum atomic E-state index is 12.1. The summed E-state index contributed by atoms with van der Waals surface area (Å²) in [5.41, 5.74) is 1.15. The van der Waals surface area contributed by atoms with Crippen molar-refractivity contribution in [2.24, 2.45) is 0 Å². The van der Waals surface area contributed by atoms with Gasteiger partial charge in [-0.1, -0.05) is 22.9 Å². The highest BCUT2D eigenvalue weighted by atomic mass is 79.9. The standard InChI is InChI=1S/C16H21BrN2O3/c1-5-14(19(21)15(20)22-16(2,3)4)12-9-18-13-7-6-10(17)8-11(12)13/h6-9,14,18,21H,5H2,1-4H3. The number of ether oxygens (including phenoxy) is 1. The van der Waals surface area contributed by atoms with Crippen LogP contribution in [0.4, 0.5) is 4.79 Å². The van der Waals surface area contributed by atoms with Gasteiger partial charge in [0, 0.05) is 27.1 Å². The molecule has 0 aliphatic rings. The number of hydrogen-bond donors (Lipinski definition) is 2. The highest BCUT2D eigenvalue weighted by Gasteiger charge is 2.29. The van der Waals surface area contributed by atoms with Crippen LogP contribution in [0.5, 0.6) is 0 Å². The Morgan fingerprint density at radius 1 is 1.45 bits per heavy atom. The van der Waals surface area contributed by atoms with Crippen LogP contribution in [0.3, 0.4) is 0 Å². The van der Waals surface area contributed by atoms with Gasteiger partial charge in [0.2, 0.25) is 0 Å². The van der Waals surface area contributed by atoms with Crippen LogP contribution < -0.4 is 0 Å². The molecule has 2 aromatic rings. The minimum Gasteiger partial charge on any atom is -0.442 e. The van der Waals surface area contributed by atoms with Crippen LogP contribution in [0.25, 0.3) is 10.9 Å². The number of aromatic amines is 1. The lowest BCUT2D eigenvalue weighted by Crippen LogP contribution is -2.36. The molecule has 2 rings (SSSR count). The van der Waals surface area contributed by atoms with E-state index in [1.54, 1.807) is 20.8 Å². The molecule has 0 radical (unpaired) electrons. The van der Waals surface area contributed by atoms with E-state index in [2.05, 4.69) is 20.9 Å². The van der Waals surface area contributed by atoms with Crippen molar-refractivity contribution < 1.29 is 14.7 Å². The number of H-pyrrole nitrogens is 1. The highest BCUT2D eigenvalue weighted by molar-refractivity contribution is 9.10. The number of aromatic nitrogens is 1. The Labute approximate surface area is 138 Å². The topological polar surface area (TPSA) is 65.6 Å². The number of rotatable bonds is 3. The summed E-state index contributed by atoms with van der Waals surface area (Å²) in [5.74, 6) is 0. The number of carbonyl (C=O) groups excluding carboxylic acids is 1. The molecule has 1 heterocycles. The summed E-state index contributed by atoms with van der Waals surface area (Å²) in [6.07, 6.45) is 1.64. The van der Waals surface area contributed by atoms with Gasteiger partial charge in [0.1, 0.15) is 5.60 Å². The maximum Gasteiger partial charge on any atom is 0.434 e. The zero-order valence-electron chi connectivity index (χ0n) is 13.2. The molecule has 1 amide bonds. The second-order valence-corrected chi connectivity index (χ2v) is 7.10. The molecule has 1 atom stereocenters. The third-order valence-corrected chi connectivity index (χ3v) is 3.79. The third kappa shape index (κ3) is 3.62. The van der Waals surface area contributed by atoms with Crippen molar-refractivity contribution in [1.82, 2.24) is 10.0 Å². The minimum absolute atomic E-state index is 0.474. The molecule has 1 unspecified atom stereocenters. The van der Waals surface area contributed by atoms with Gasteiger partial charge in [0.05, 0.1) is 6.04 Å². The largest absolute Gasteiger partial charge is 0.442 e. The van der Waals surface area contributed by atoms with Crippen molar-refractivity contribution in [2.45, 2.75) is 45.8 Å². The number of nitrogens with one attached hydrogen (secondary N) is 1. The van der Waals surface area contributed by atoms with E-state index in [4.69, 9.17) is 4.74 Å². The van der Waals surface area contributed by atoms with E-state index in [9.17, 15) is 10.0 Å². The average molecular weight is 369 g/mol. The number of amides is 1.